The lowest BCUT2D eigenvalue weighted by Gasteiger charge is -2.37. The molecule has 0 aliphatic carbocycles. The van der Waals surface area contributed by atoms with Crippen LogP contribution in [0, 0.1) is 11.6 Å². The van der Waals surface area contributed by atoms with Gasteiger partial charge in [-0.15, -0.1) is 5.10 Å². The topological polar surface area (TPSA) is 110 Å². The van der Waals surface area contributed by atoms with Gasteiger partial charge in [0, 0.05) is 50.8 Å². The van der Waals surface area contributed by atoms with Crippen LogP contribution >= 0.6 is 0 Å². The maximum atomic E-state index is 14.9. The van der Waals surface area contributed by atoms with E-state index in [9.17, 15) is 13.9 Å². The van der Waals surface area contributed by atoms with Crippen molar-refractivity contribution in [3.63, 3.8) is 0 Å². The van der Waals surface area contributed by atoms with Crippen molar-refractivity contribution >= 4 is 5.69 Å². The number of piperazine rings is 1. The Bertz CT molecular complexity index is 1380. The monoisotopic (exact) mass is 539 g/mol. The number of hydrogen-bond acceptors (Lipinski definition) is 9. The van der Waals surface area contributed by atoms with Gasteiger partial charge in [-0.3, -0.25) is 4.90 Å². The lowest BCUT2D eigenvalue weighted by atomic mass is 9.86. The van der Waals surface area contributed by atoms with Gasteiger partial charge in [0.2, 0.25) is 0 Å². The van der Waals surface area contributed by atoms with Crippen molar-refractivity contribution in [1.29, 1.82) is 0 Å². The fraction of sp³-hybridized carbons (Fsp3) is 0.423. The predicted octanol–water partition coefficient (Wildman–Crippen LogP) is 2.07. The minimum absolute atomic E-state index is 0.0826. The number of halogens is 2. The summed E-state index contributed by atoms with van der Waals surface area (Å²) in [4.78, 5) is 8.55. The molecule has 39 heavy (non-hydrogen) atoms. The molecule has 1 saturated heterocycles. The molecule has 0 saturated carbocycles. The molecule has 5 rings (SSSR count). The van der Waals surface area contributed by atoms with E-state index in [0.29, 0.717) is 18.8 Å². The Morgan fingerprint density at radius 1 is 1.10 bits per heavy atom. The van der Waals surface area contributed by atoms with Crippen LogP contribution in [-0.2, 0) is 18.6 Å². The largest absolute Gasteiger partial charge is 0.495 e. The normalized spacial score (nSPS) is 16.7. The second-order valence-electron chi connectivity index (χ2n) is 9.61. The van der Waals surface area contributed by atoms with Crippen molar-refractivity contribution in [2.45, 2.75) is 31.5 Å². The highest BCUT2D eigenvalue weighted by Gasteiger charge is 2.42. The average Bonchev–Trinajstić information content (AvgIpc) is 3.64. The Balaban J connectivity index is 1.29. The Hall–Kier alpha value is -3.97. The summed E-state index contributed by atoms with van der Waals surface area (Å²) in [5.74, 6) is -0.197. The summed E-state index contributed by atoms with van der Waals surface area (Å²) in [6.07, 6.45) is 3.27. The smallest absolute Gasteiger partial charge is 0.153 e. The maximum absolute atomic E-state index is 14.9. The van der Waals surface area contributed by atoms with Gasteiger partial charge in [0.1, 0.15) is 35.6 Å². The van der Waals surface area contributed by atoms with E-state index in [2.05, 4.69) is 41.5 Å². The number of nitrogens with zero attached hydrogens (tertiary/aromatic N) is 9. The van der Waals surface area contributed by atoms with Crippen LogP contribution in [0.1, 0.15) is 24.4 Å². The Morgan fingerprint density at radius 2 is 1.90 bits per heavy atom. The van der Waals surface area contributed by atoms with E-state index in [4.69, 9.17) is 4.74 Å². The standard InChI is InChI=1S/C26H31F2N9O2/c1-19(26(38,16-36-18-29-17-30-36)21-8-7-20(27)15-22(21)28)37-25(31-32-33-37)9-10-34-11-13-35(14-12-34)23-5-3-4-6-24(23)39-2/h3-8,15,17-19,38H,9-14,16H2,1-2H3/t19-,26+/m0/s1. The molecule has 4 aromatic rings. The van der Waals surface area contributed by atoms with Crippen LogP contribution in [0.2, 0.25) is 0 Å². The van der Waals surface area contributed by atoms with E-state index in [0.717, 1.165) is 49.7 Å². The summed E-state index contributed by atoms with van der Waals surface area (Å²) in [5.41, 5.74) is -0.853. The minimum atomic E-state index is -1.85. The number of ether oxygens (including phenoxy) is 1. The first-order valence-electron chi connectivity index (χ1n) is 12.8. The highest BCUT2D eigenvalue weighted by molar-refractivity contribution is 5.58. The van der Waals surface area contributed by atoms with Gasteiger partial charge in [0.25, 0.3) is 0 Å². The van der Waals surface area contributed by atoms with Crippen LogP contribution in [-0.4, -0.2) is 84.8 Å². The van der Waals surface area contributed by atoms with Crippen LogP contribution in [0.4, 0.5) is 14.5 Å². The highest BCUT2D eigenvalue weighted by atomic mass is 19.1. The molecule has 0 radical (unpaired) electrons. The van der Waals surface area contributed by atoms with Crippen molar-refractivity contribution in [2.75, 3.05) is 44.7 Å². The zero-order chi connectivity index (χ0) is 27.4. The summed E-state index contributed by atoms with van der Waals surface area (Å²) < 4.78 is 37.0. The van der Waals surface area contributed by atoms with Crippen molar-refractivity contribution in [1.82, 2.24) is 39.9 Å². The van der Waals surface area contributed by atoms with E-state index in [-0.39, 0.29) is 12.1 Å². The molecular weight excluding hydrogens is 508 g/mol. The Labute approximate surface area is 224 Å². The molecule has 1 aliphatic heterocycles. The first-order valence-corrected chi connectivity index (χ1v) is 12.8. The molecule has 1 aliphatic rings. The molecule has 11 nitrogen and oxygen atoms in total. The van der Waals surface area contributed by atoms with Crippen molar-refractivity contribution in [3.05, 3.63) is 78.1 Å². The summed E-state index contributed by atoms with van der Waals surface area (Å²) in [7, 11) is 1.68. The Morgan fingerprint density at radius 3 is 2.62 bits per heavy atom. The molecule has 2 aromatic heterocycles. The molecule has 0 bridgehead atoms. The molecule has 3 heterocycles. The molecule has 0 spiro atoms. The number of aromatic nitrogens is 7. The number of hydrogen-bond donors (Lipinski definition) is 1. The second kappa shape index (κ2) is 11.4. The molecule has 1 fully saturated rings. The fourth-order valence-electron chi connectivity index (χ4n) is 5.09. The van der Waals surface area contributed by atoms with Crippen LogP contribution < -0.4 is 9.64 Å². The molecule has 0 amide bonds. The minimum Gasteiger partial charge on any atom is -0.495 e. The summed E-state index contributed by atoms with van der Waals surface area (Å²) >= 11 is 0. The van der Waals surface area contributed by atoms with Crippen LogP contribution in [0.25, 0.3) is 0 Å². The molecule has 2 atom stereocenters. The summed E-state index contributed by atoms with van der Waals surface area (Å²) in [6.45, 7) is 5.68. The van der Waals surface area contributed by atoms with Crippen molar-refractivity contribution < 1.29 is 18.6 Å². The number of tetrazole rings is 1. The van der Waals surface area contributed by atoms with E-state index in [1.165, 1.54) is 28.1 Å². The van der Waals surface area contributed by atoms with Crippen LogP contribution in [0.15, 0.2) is 55.1 Å². The zero-order valence-electron chi connectivity index (χ0n) is 21.9. The van der Waals surface area contributed by atoms with Crippen LogP contribution in [0.5, 0.6) is 5.75 Å². The SMILES string of the molecule is COc1ccccc1N1CCN(CCc2nnnn2[C@@H](C)[C@](O)(Cn2cncn2)c2ccc(F)cc2F)CC1. The van der Waals surface area contributed by atoms with Gasteiger partial charge in [-0.05, 0) is 35.5 Å². The number of rotatable bonds is 10. The van der Waals surface area contributed by atoms with Gasteiger partial charge in [0.05, 0.1) is 25.4 Å². The highest BCUT2D eigenvalue weighted by Crippen LogP contribution is 2.37. The average molecular weight is 540 g/mol. The van der Waals surface area contributed by atoms with Gasteiger partial charge in [0.15, 0.2) is 5.82 Å². The molecule has 0 unspecified atom stereocenters. The third kappa shape index (κ3) is 5.59. The van der Waals surface area contributed by atoms with Gasteiger partial charge in [-0.2, -0.15) is 5.10 Å². The number of para-hydroxylation sites is 2. The molecule has 13 heteroatoms. The zero-order valence-corrected chi connectivity index (χ0v) is 21.9. The van der Waals surface area contributed by atoms with E-state index < -0.39 is 23.3 Å². The van der Waals surface area contributed by atoms with Gasteiger partial charge < -0.3 is 14.7 Å². The number of benzene rings is 2. The lowest BCUT2D eigenvalue weighted by molar-refractivity contribution is -0.0384. The number of aliphatic hydroxyl groups is 1. The van der Waals surface area contributed by atoms with Crippen molar-refractivity contribution in [2.24, 2.45) is 0 Å². The third-order valence-corrected chi connectivity index (χ3v) is 7.34. The quantitative estimate of drug-likeness (QED) is 0.324. The summed E-state index contributed by atoms with van der Waals surface area (Å²) in [5, 5.41) is 28.1. The van der Waals surface area contributed by atoms with Gasteiger partial charge in [-0.25, -0.2) is 23.1 Å². The second-order valence-corrected chi connectivity index (χ2v) is 9.61. The first kappa shape index (κ1) is 26.6. The van der Waals surface area contributed by atoms with Gasteiger partial charge in [-0.1, -0.05) is 18.2 Å². The van der Waals surface area contributed by atoms with Crippen molar-refractivity contribution in [3.8, 4) is 5.75 Å². The van der Waals surface area contributed by atoms with Crippen LogP contribution in [0.3, 0.4) is 0 Å². The number of methoxy groups -OCH3 is 1. The molecule has 2 aromatic carbocycles. The molecule has 206 valence electrons. The molecule has 1 N–H and O–H groups in total. The van der Waals surface area contributed by atoms with E-state index in [1.54, 1.807) is 14.0 Å². The lowest BCUT2D eigenvalue weighted by Crippen LogP contribution is -2.47. The van der Waals surface area contributed by atoms with E-state index in [1.807, 2.05) is 18.2 Å². The van der Waals surface area contributed by atoms with E-state index >= 15 is 0 Å². The third-order valence-electron chi connectivity index (χ3n) is 7.34. The Kier molecular flexibility index (Phi) is 7.79. The predicted molar refractivity (Wildman–Crippen MR) is 138 cm³/mol. The summed E-state index contributed by atoms with van der Waals surface area (Å²) in [6, 6.07) is 10.3. The first-order chi connectivity index (χ1) is 18.9. The maximum Gasteiger partial charge on any atom is 0.153 e. The van der Waals surface area contributed by atoms with Gasteiger partial charge >= 0.3 is 0 Å². The molecular formula is C26H31F2N9O2. The number of anilines is 1. The fourth-order valence-corrected chi connectivity index (χ4v) is 5.09.